The van der Waals surface area contributed by atoms with Crippen LogP contribution in [0.25, 0.3) is 0 Å². The molecule has 0 aliphatic carbocycles. The largest absolute Gasteiger partial charge is 0.495 e. The third-order valence-electron chi connectivity index (χ3n) is 2.92. The summed E-state index contributed by atoms with van der Waals surface area (Å²) >= 11 is 0. The molecule has 1 unspecified atom stereocenters. The molecule has 20 heavy (non-hydrogen) atoms. The van der Waals surface area contributed by atoms with Gasteiger partial charge >= 0.3 is 6.03 Å². The van der Waals surface area contributed by atoms with Gasteiger partial charge < -0.3 is 20.4 Å². The SMILES string of the molecule is CCC(NC(=O)Nc1ccccc1OC)c1ncc[nH]1. The Kier molecular flexibility index (Phi) is 4.60. The number of carbonyl (C=O) groups is 1. The summed E-state index contributed by atoms with van der Waals surface area (Å²) in [5.74, 6) is 1.36. The summed E-state index contributed by atoms with van der Waals surface area (Å²) in [6.45, 7) is 1.98. The van der Waals surface area contributed by atoms with Crippen molar-refractivity contribution in [1.82, 2.24) is 15.3 Å². The second-order valence-electron chi connectivity index (χ2n) is 4.23. The first-order valence-corrected chi connectivity index (χ1v) is 6.44. The second-order valence-corrected chi connectivity index (χ2v) is 4.23. The molecule has 0 saturated heterocycles. The molecule has 0 aliphatic heterocycles. The monoisotopic (exact) mass is 274 g/mol. The number of amides is 2. The summed E-state index contributed by atoms with van der Waals surface area (Å²) in [6, 6.07) is 6.81. The minimum absolute atomic E-state index is 0.153. The summed E-state index contributed by atoms with van der Waals surface area (Å²) in [5.41, 5.74) is 0.627. The van der Waals surface area contributed by atoms with Gasteiger partial charge in [0.15, 0.2) is 0 Å². The Labute approximate surface area is 117 Å². The molecule has 0 saturated carbocycles. The number of carbonyl (C=O) groups excluding carboxylic acids is 1. The Hall–Kier alpha value is -2.50. The van der Waals surface area contributed by atoms with Crippen molar-refractivity contribution in [2.45, 2.75) is 19.4 Å². The normalized spacial score (nSPS) is 11.7. The van der Waals surface area contributed by atoms with Gasteiger partial charge in [0.1, 0.15) is 11.6 Å². The molecule has 0 aliphatic rings. The molecule has 1 atom stereocenters. The minimum atomic E-state index is -0.294. The van der Waals surface area contributed by atoms with Gasteiger partial charge in [-0.25, -0.2) is 9.78 Å². The van der Waals surface area contributed by atoms with Crippen molar-refractivity contribution in [3.8, 4) is 5.75 Å². The van der Waals surface area contributed by atoms with Crippen LogP contribution < -0.4 is 15.4 Å². The number of rotatable bonds is 5. The number of ether oxygens (including phenoxy) is 1. The highest BCUT2D eigenvalue weighted by Gasteiger charge is 2.15. The number of nitrogens with one attached hydrogen (secondary N) is 3. The number of H-pyrrole nitrogens is 1. The Morgan fingerprint density at radius 2 is 2.25 bits per heavy atom. The predicted octanol–water partition coefficient (Wildman–Crippen LogP) is 2.69. The van der Waals surface area contributed by atoms with E-state index in [4.69, 9.17) is 4.74 Å². The van der Waals surface area contributed by atoms with Gasteiger partial charge in [0, 0.05) is 12.4 Å². The van der Waals surface area contributed by atoms with Gasteiger partial charge in [-0.3, -0.25) is 0 Å². The lowest BCUT2D eigenvalue weighted by Crippen LogP contribution is -2.33. The van der Waals surface area contributed by atoms with Crippen molar-refractivity contribution in [2.75, 3.05) is 12.4 Å². The summed E-state index contributed by atoms with van der Waals surface area (Å²) in [6.07, 6.45) is 4.14. The summed E-state index contributed by atoms with van der Waals surface area (Å²) in [7, 11) is 1.57. The van der Waals surface area contributed by atoms with Crippen LogP contribution in [0.2, 0.25) is 0 Å². The molecular weight excluding hydrogens is 256 g/mol. The molecule has 1 heterocycles. The van der Waals surface area contributed by atoms with Gasteiger partial charge in [-0.1, -0.05) is 19.1 Å². The number of anilines is 1. The number of aromatic nitrogens is 2. The Morgan fingerprint density at radius 1 is 1.45 bits per heavy atom. The van der Waals surface area contributed by atoms with Gasteiger partial charge in [-0.2, -0.15) is 0 Å². The van der Waals surface area contributed by atoms with Crippen LogP contribution in [0, 0.1) is 0 Å². The van der Waals surface area contributed by atoms with Crippen LogP contribution in [0.3, 0.4) is 0 Å². The quantitative estimate of drug-likeness (QED) is 0.784. The summed E-state index contributed by atoms with van der Waals surface area (Å²) in [5, 5.41) is 5.64. The third kappa shape index (κ3) is 3.28. The fraction of sp³-hybridized carbons (Fsp3) is 0.286. The lowest BCUT2D eigenvalue weighted by Gasteiger charge is -2.16. The van der Waals surface area contributed by atoms with E-state index < -0.39 is 0 Å². The van der Waals surface area contributed by atoms with Crippen molar-refractivity contribution in [3.05, 3.63) is 42.5 Å². The zero-order valence-corrected chi connectivity index (χ0v) is 11.5. The lowest BCUT2D eigenvalue weighted by molar-refractivity contribution is 0.247. The van der Waals surface area contributed by atoms with Gasteiger partial charge in [0.25, 0.3) is 0 Å². The molecule has 2 rings (SSSR count). The van der Waals surface area contributed by atoms with Gasteiger partial charge in [-0.15, -0.1) is 0 Å². The van der Waals surface area contributed by atoms with E-state index in [0.717, 1.165) is 12.2 Å². The number of nitrogens with zero attached hydrogens (tertiary/aromatic N) is 1. The maximum absolute atomic E-state index is 12.0. The highest BCUT2D eigenvalue weighted by atomic mass is 16.5. The molecule has 0 spiro atoms. The molecule has 0 radical (unpaired) electrons. The van der Waals surface area contributed by atoms with Crippen molar-refractivity contribution in [2.24, 2.45) is 0 Å². The first-order valence-electron chi connectivity index (χ1n) is 6.44. The van der Waals surface area contributed by atoms with E-state index in [0.29, 0.717) is 11.4 Å². The average molecular weight is 274 g/mol. The van der Waals surface area contributed by atoms with Crippen LogP contribution in [-0.4, -0.2) is 23.1 Å². The topological polar surface area (TPSA) is 79.0 Å². The highest BCUT2D eigenvalue weighted by molar-refractivity contribution is 5.91. The summed E-state index contributed by atoms with van der Waals surface area (Å²) < 4.78 is 5.19. The maximum atomic E-state index is 12.0. The Morgan fingerprint density at radius 3 is 2.90 bits per heavy atom. The van der Waals surface area contributed by atoms with E-state index in [1.165, 1.54) is 0 Å². The van der Waals surface area contributed by atoms with Crippen LogP contribution in [0.1, 0.15) is 25.2 Å². The highest BCUT2D eigenvalue weighted by Crippen LogP contribution is 2.23. The number of benzene rings is 1. The predicted molar refractivity (Wildman–Crippen MR) is 76.8 cm³/mol. The molecule has 3 N–H and O–H groups in total. The third-order valence-corrected chi connectivity index (χ3v) is 2.92. The smallest absolute Gasteiger partial charge is 0.319 e. The number of para-hydroxylation sites is 2. The molecule has 0 fully saturated rings. The number of methoxy groups -OCH3 is 1. The fourth-order valence-electron chi connectivity index (χ4n) is 1.90. The first kappa shape index (κ1) is 13.9. The maximum Gasteiger partial charge on any atom is 0.319 e. The molecule has 2 aromatic rings. The number of imidazole rings is 1. The number of urea groups is 1. The molecule has 1 aromatic carbocycles. The number of hydrogen-bond donors (Lipinski definition) is 3. The molecule has 0 bridgehead atoms. The standard InChI is InChI=1S/C14H18N4O2/c1-3-10(13-15-8-9-16-13)17-14(19)18-11-6-4-5-7-12(11)20-2/h4-10H,3H2,1-2H3,(H,15,16)(H2,17,18,19). The van der Waals surface area contributed by atoms with Crippen LogP contribution in [0.5, 0.6) is 5.75 Å². The summed E-state index contributed by atoms with van der Waals surface area (Å²) in [4.78, 5) is 19.2. The second kappa shape index (κ2) is 6.60. The van der Waals surface area contributed by atoms with Crippen LogP contribution >= 0.6 is 0 Å². The van der Waals surface area contributed by atoms with Crippen LogP contribution in [0.15, 0.2) is 36.7 Å². The van der Waals surface area contributed by atoms with E-state index in [1.54, 1.807) is 31.6 Å². The van der Waals surface area contributed by atoms with Crippen molar-refractivity contribution in [1.29, 1.82) is 0 Å². The zero-order valence-electron chi connectivity index (χ0n) is 11.5. The Bertz CT molecular complexity index is 554. The Balaban J connectivity index is 2.01. The molecule has 6 heteroatoms. The lowest BCUT2D eigenvalue weighted by atomic mass is 10.2. The van der Waals surface area contributed by atoms with Crippen molar-refractivity contribution in [3.63, 3.8) is 0 Å². The number of aromatic amines is 1. The van der Waals surface area contributed by atoms with E-state index in [-0.39, 0.29) is 12.1 Å². The van der Waals surface area contributed by atoms with E-state index in [9.17, 15) is 4.79 Å². The van der Waals surface area contributed by atoms with E-state index in [2.05, 4.69) is 20.6 Å². The minimum Gasteiger partial charge on any atom is -0.495 e. The zero-order chi connectivity index (χ0) is 14.4. The molecular formula is C14H18N4O2. The van der Waals surface area contributed by atoms with Crippen LogP contribution in [-0.2, 0) is 0 Å². The van der Waals surface area contributed by atoms with E-state index >= 15 is 0 Å². The number of hydrogen-bond acceptors (Lipinski definition) is 3. The van der Waals surface area contributed by atoms with Crippen molar-refractivity contribution >= 4 is 11.7 Å². The van der Waals surface area contributed by atoms with E-state index in [1.807, 2.05) is 19.1 Å². The van der Waals surface area contributed by atoms with Gasteiger partial charge in [-0.05, 0) is 18.6 Å². The molecule has 6 nitrogen and oxygen atoms in total. The molecule has 2 amide bonds. The molecule has 106 valence electrons. The fourth-order valence-corrected chi connectivity index (χ4v) is 1.90. The first-order chi connectivity index (χ1) is 9.74. The van der Waals surface area contributed by atoms with Gasteiger partial charge in [0.2, 0.25) is 0 Å². The van der Waals surface area contributed by atoms with Gasteiger partial charge in [0.05, 0.1) is 18.8 Å². The van der Waals surface area contributed by atoms with Crippen LogP contribution in [0.4, 0.5) is 10.5 Å². The average Bonchev–Trinajstić information content (AvgIpc) is 2.99. The molecule has 1 aromatic heterocycles. The van der Waals surface area contributed by atoms with Crippen molar-refractivity contribution < 1.29 is 9.53 Å².